The lowest BCUT2D eigenvalue weighted by molar-refractivity contribution is -0.132. The molecule has 0 aliphatic carbocycles. The number of aromatic nitrogens is 8. The maximum Gasteiger partial charge on any atom is 0.412 e. The van der Waals surface area contributed by atoms with E-state index in [0.717, 1.165) is 17.6 Å². The van der Waals surface area contributed by atoms with E-state index in [1.165, 1.54) is 24.3 Å². The minimum absolute atomic E-state index is 0.0225. The van der Waals surface area contributed by atoms with Gasteiger partial charge in [-0.15, -0.1) is 0 Å². The zero-order chi connectivity index (χ0) is 63.2. The smallest absolute Gasteiger partial charge is 0.412 e. The molecule has 7 heterocycles. The molecule has 0 saturated carbocycles. The summed E-state index contributed by atoms with van der Waals surface area (Å²) in [5.41, 5.74) is 12.7. The van der Waals surface area contributed by atoms with E-state index in [1.54, 1.807) is 49.6 Å². The Labute approximate surface area is 507 Å². The summed E-state index contributed by atoms with van der Waals surface area (Å²) in [6.45, 7) is -0.264. The molecule has 3 aliphatic rings. The van der Waals surface area contributed by atoms with Gasteiger partial charge in [0.15, 0.2) is 40.8 Å². The standard InChI is InChI=1S/C50H70FN17O17P2S/c1-26(2)35(64-33(69)10-6-5-7-17-79-54)45(71)63-30(9-8-15-55-48(53)72)44(70)62-29-13-11-28(12-14-29)19-78-50(74)66(4)16-18-77-49(73)65-41-37-43(59-23-57-41)68(25-61-37)47-34(51)39-31(83-47)20-80-86(75)84-38-27(3)46(82-32(38)21-81-87(76,88)85-39)67-24-60-36-40(52)56-22-58-42(36)67/h11-14,22-27,30-32,34-35,38-39,46-47,86H,5-10,15-21,54H2,1-4H3,(H,62,70)(H,63,71)(H,64,69)(H,76,88)(H2,52,56,58)(H3,53,55,72)(H,57,59,65,73)/t27-,30+,31-,32-,34-,35+,38+,39-,46-,47-,87-/m1/s1. The SMILES string of the molecule is CC(C)[C@H](NC(=O)CCCCCON)C(=O)N[C@@H](CCCNC(N)=O)C(=O)Nc1ccc(COC(=O)N(C)CCOC(=O)Nc2ncnc3c2ncn3[C@@H]2O[C@@H]3CO[PH](=O)O[C@H]4[C@@H](C)[C@H](n5cnc6c(N)ncnc65)O[C@@H]4CO[P@@](=O)(S)O[C@H]3[C@H]2F)cc1. The molecule has 7 amide bonds. The number of thiol groups is 1. The van der Waals surface area contributed by atoms with Crippen molar-refractivity contribution < 1.29 is 84.2 Å². The van der Waals surface area contributed by atoms with Crippen LogP contribution in [-0.2, 0) is 72.0 Å². The predicted molar refractivity (Wildman–Crippen MR) is 311 cm³/mol. The molecule has 5 aromatic rings. The van der Waals surface area contributed by atoms with Gasteiger partial charge in [0.1, 0.15) is 74.1 Å². The number of nitrogens with zero attached hydrogens (tertiary/aromatic N) is 9. The summed E-state index contributed by atoms with van der Waals surface area (Å²) < 4.78 is 92.4. The molecule has 4 aromatic heterocycles. The number of nitrogen functional groups attached to an aromatic ring is 1. The number of halogens is 1. The number of benzene rings is 1. The number of nitrogens with one attached hydrogen (secondary N) is 5. The summed E-state index contributed by atoms with van der Waals surface area (Å²) in [5, 5.41) is 13.2. The van der Waals surface area contributed by atoms with Gasteiger partial charge in [0, 0.05) is 31.6 Å². The Balaban J connectivity index is 0.795. The molecule has 480 valence electrons. The van der Waals surface area contributed by atoms with Gasteiger partial charge < -0.3 is 70.5 Å². The number of anilines is 3. The van der Waals surface area contributed by atoms with E-state index in [2.05, 4.69) is 73.6 Å². The lowest BCUT2D eigenvalue weighted by Crippen LogP contribution is -2.54. The Morgan fingerprint density at radius 1 is 0.864 bits per heavy atom. The van der Waals surface area contributed by atoms with Crippen LogP contribution in [0.2, 0.25) is 0 Å². The average Bonchev–Trinajstić information content (AvgIpc) is 2.34. The number of carbonyl (C=O) groups excluding carboxylic acids is 6. The minimum atomic E-state index is -4.41. The quantitative estimate of drug-likeness (QED) is 0.0185. The number of carbonyl (C=O) groups is 6. The van der Waals surface area contributed by atoms with E-state index < -0.39 is 119 Å². The van der Waals surface area contributed by atoms with Gasteiger partial charge in [-0.1, -0.05) is 51.6 Å². The Morgan fingerprint density at radius 2 is 1.56 bits per heavy atom. The number of amides is 7. The maximum atomic E-state index is 16.6. The Morgan fingerprint density at radius 3 is 2.28 bits per heavy atom. The molecule has 3 aliphatic heterocycles. The number of nitrogens with two attached hydrogens (primary N) is 3. The number of alkyl halides is 1. The number of rotatable bonds is 24. The zero-order valence-corrected chi connectivity index (χ0v) is 50.9. The third-order valence-corrected chi connectivity index (χ3v) is 16.8. The second-order valence-corrected chi connectivity index (χ2v) is 24.8. The van der Waals surface area contributed by atoms with Crippen LogP contribution in [-0.4, -0.2) is 169 Å². The van der Waals surface area contributed by atoms with E-state index in [0.29, 0.717) is 48.3 Å². The van der Waals surface area contributed by atoms with Gasteiger partial charge in [0.05, 0.1) is 39.0 Å². The molecule has 38 heteroatoms. The molecule has 1 unspecified atom stereocenters. The van der Waals surface area contributed by atoms with E-state index in [4.69, 9.17) is 54.4 Å². The van der Waals surface area contributed by atoms with Crippen LogP contribution in [0, 0.1) is 11.8 Å². The van der Waals surface area contributed by atoms with Crippen LogP contribution in [0.25, 0.3) is 22.3 Å². The number of imidazole rings is 2. The second kappa shape index (κ2) is 30.8. The molecule has 0 spiro atoms. The summed E-state index contributed by atoms with van der Waals surface area (Å²) in [5.74, 6) is 2.72. The van der Waals surface area contributed by atoms with Gasteiger partial charge in [-0.3, -0.25) is 42.4 Å². The Bertz CT molecular complexity index is 3340. The normalized spacial score (nSPS) is 24.4. The van der Waals surface area contributed by atoms with Crippen molar-refractivity contribution in [3.8, 4) is 0 Å². The Kier molecular flexibility index (Phi) is 23.3. The van der Waals surface area contributed by atoms with E-state index in [1.807, 2.05) is 0 Å². The van der Waals surface area contributed by atoms with E-state index >= 15 is 4.39 Å². The minimum Gasteiger partial charge on any atom is -0.447 e. The highest BCUT2D eigenvalue weighted by Gasteiger charge is 2.52. The number of hydrogen-bond acceptors (Lipinski definition) is 25. The predicted octanol–water partition coefficient (Wildman–Crippen LogP) is 3.54. The van der Waals surface area contributed by atoms with Crippen molar-refractivity contribution in [2.24, 2.45) is 23.5 Å². The van der Waals surface area contributed by atoms with Crippen LogP contribution in [0.1, 0.15) is 77.3 Å². The first-order valence-electron chi connectivity index (χ1n) is 27.8. The highest BCUT2D eigenvalue weighted by molar-refractivity contribution is 8.44. The summed E-state index contributed by atoms with van der Waals surface area (Å²) in [6.07, 6.45) is -3.81. The van der Waals surface area contributed by atoms with Gasteiger partial charge >= 0.3 is 33.3 Å². The van der Waals surface area contributed by atoms with Crippen LogP contribution in [0.4, 0.5) is 36.1 Å². The second-order valence-electron chi connectivity index (χ2n) is 20.9. The maximum absolute atomic E-state index is 16.6. The largest absolute Gasteiger partial charge is 0.447 e. The molecule has 3 fully saturated rings. The molecular weight excluding hydrogens is 1220 g/mol. The number of unbranched alkanes of at least 4 members (excludes halogenated alkanes) is 2. The molecular formula is C50H70FN17O17P2S. The number of urea groups is 1. The number of likely N-dealkylation sites (N-methyl/N-ethyl adjacent to an activating group) is 1. The summed E-state index contributed by atoms with van der Waals surface area (Å²) in [4.78, 5) is 108. The first-order chi connectivity index (χ1) is 42.1. The topological polar surface area (TPSA) is 448 Å². The summed E-state index contributed by atoms with van der Waals surface area (Å²) in [7, 11) is -1.94. The van der Waals surface area contributed by atoms with Gasteiger partial charge in [0.2, 0.25) is 17.7 Å². The fourth-order valence-corrected chi connectivity index (χ4v) is 12.1. The molecule has 11 N–H and O–H groups in total. The van der Waals surface area contributed by atoms with Crippen LogP contribution in [0.15, 0.2) is 49.6 Å². The number of primary amides is 1. The van der Waals surface area contributed by atoms with Crippen molar-refractivity contribution in [3.63, 3.8) is 0 Å². The Hall–Kier alpha value is -7.24. The number of fused-ring (bicyclic) bond motifs is 4. The summed E-state index contributed by atoms with van der Waals surface area (Å²) >= 11 is 4.14. The third-order valence-electron chi connectivity index (χ3n) is 14.3. The molecule has 34 nitrogen and oxygen atoms in total. The lowest BCUT2D eigenvalue weighted by Gasteiger charge is -2.26. The number of ether oxygens (including phenoxy) is 4. The van der Waals surface area contributed by atoms with Gasteiger partial charge in [-0.2, -0.15) is 0 Å². The monoisotopic (exact) mass is 1290 g/mol. The molecule has 0 radical (unpaired) electrons. The van der Waals surface area contributed by atoms with Crippen molar-refractivity contribution in [1.29, 1.82) is 0 Å². The highest BCUT2D eigenvalue weighted by Crippen LogP contribution is 2.58. The molecule has 3 saturated heterocycles. The summed E-state index contributed by atoms with van der Waals surface area (Å²) in [6, 6.07) is 3.58. The van der Waals surface area contributed by atoms with Gasteiger partial charge in [-0.05, 0) is 49.3 Å². The van der Waals surface area contributed by atoms with Crippen molar-refractivity contribution >= 4 is 103 Å². The third kappa shape index (κ3) is 17.3. The van der Waals surface area contributed by atoms with Crippen molar-refractivity contribution in [2.45, 2.75) is 121 Å². The van der Waals surface area contributed by atoms with Gasteiger partial charge in [-0.25, -0.2) is 59.1 Å². The zero-order valence-electron chi connectivity index (χ0n) is 48.1. The first kappa shape index (κ1) is 66.7. The first-order valence-corrected chi connectivity index (χ1v) is 31.7. The van der Waals surface area contributed by atoms with Crippen molar-refractivity contribution in [3.05, 3.63) is 55.1 Å². The molecule has 8 rings (SSSR count). The van der Waals surface area contributed by atoms with Crippen LogP contribution in [0.3, 0.4) is 0 Å². The fraction of sp³-hybridized carbons (Fsp3) is 0.560. The van der Waals surface area contributed by atoms with E-state index in [9.17, 15) is 37.9 Å². The van der Waals surface area contributed by atoms with Crippen LogP contribution in [0.5, 0.6) is 0 Å². The average molecular weight is 1290 g/mol. The van der Waals surface area contributed by atoms with Crippen molar-refractivity contribution in [1.82, 2.24) is 59.9 Å². The molecule has 88 heavy (non-hydrogen) atoms. The van der Waals surface area contributed by atoms with Crippen LogP contribution < -0.4 is 43.9 Å². The van der Waals surface area contributed by atoms with Crippen LogP contribution >= 0.6 is 27.3 Å². The molecule has 12 atom stereocenters. The van der Waals surface area contributed by atoms with Gasteiger partial charge in [0.25, 0.3) is 0 Å². The lowest BCUT2D eigenvalue weighted by atomic mass is 10.0. The van der Waals surface area contributed by atoms with Crippen molar-refractivity contribution in [2.75, 3.05) is 62.9 Å². The highest BCUT2D eigenvalue weighted by atomic mass is 32.7. The van der Waals surface area contributed by atoms with E-state index in [-0.39, 0.29) is 80.2 Å². The molecule has 1 aromatic carbocycles. The fourth-order valence-electron chi connectivity index (χ4n) is 9.67. The number of hydrogen-bond donors (Lipinski definition) is 9. The molecule has 0 bridgehead atoms.